The van der Waals surface area contributed by atoms with E-state index in [0.717, 1.165) is 32.6 Å². The molecule has 1 aliphatic heterocycles. The van der Waals surface area contributed by atoms with Crippen LogP contribution in [0.3, 0.4) is 0 Å². The predicted molar refractivity (Wildman–Crippen MR) is 67.9 cm³/mol. The molecule has 0 aromatic carbocycles. The molecule has 0 bridgehead atoms. The minimum atomic E-state index is -2.93. The molecule has 0 unspecified atom stereocenters. The van der Waals surface area contributed by atoms with E-state index in [1.165, 1.54) is 6.26 Å². The number of sulfone groups is 1. The van der Waals surface area contributed by atoms with Gasteiger partial charge in [-0.3, -0.25) is 9.69 Å². The van der Waals surface area contributed by atoms with E-state index in [2.05, 4.69) is 10.2 Å². The first-order valence-electron chi connectivity index (χ1n) is 6.10. The molecule has 6 heteroatoms. The molecule has 0 aromatic heterocycles. The van der Waals surface area contributed by atoms with E-state index in [-0.39, 0.29) is 11.5 Å². The lowest BCUT2D eigenvalue weighted by Crippen LogP contribution is -2.33. The number of hydrogen-bond donors (Lipinski definition) is 1. The van der Waals surface area contributed by atoms with Gasteiger partial charge in [-0.05, 0) is 25.9 Å². The van der Waals surface area contributed by atoms with Gasteiger partial charge in [-0.1, -0.05) is 0 Å². The molecule has 1 fully saturated rings. The van der Waals surface area contributed by atoms with Gasteiger partial charge < -0.3 is 5.32 Å². The Morgan fingerprint density at radius 1 is 1.29 bits per heavy atom. The second-order valence-electron chi connectivity index (χ2n) is 4.65. The molecule has 100 valence electrons. The Hall–Kier alpha value is -0.460. The Balaban J connectivity index is 2.19. The molecular formula is C11H22N2O3S. The predicted octanol–water partition coefficient (Wildman–Crippen LogP) is -0.324. The van der Waals surface area contributed by atoms with E-state index in [4.69, 9.17) is 0 Å². The van der Waals surface area contributed by atoms with Crippen molar-refractivity contribution in [3.63, 3.8) is 0 Å². The number of ketones is 1. The zero-order valence-electron chi connectivity index (χ0n) is 10.4. The molecule has 1 rings (SSSR count). The van der Waals surface area contributed by atoms with E-state index >= 15 is 0 Å². The highest BCUT2D eigenvalue weighted by Gasteiger charge is 2.13. The Kier molecular flexibility index (Phi) is 6.08. The quantitative estimate of drug-likeness (QED) is 0.710. The van der Waals surface area contributed by atoms with Crippen molar-refractivity contribution in [3.8, 4) is 0 Å². The summed E-state index contributed by atoms with van der Waals surface area (Å²) in [6.07, 6.45) is 3.09. The summed E-state index contributed by atoms with van der Waals surface area (Å²) in [6.45, 7) is 4.25. The number of carbonyl (C=O) groups excluding carboxylic acids is 1. The van der Waals surface area contributed by atoms with Gasteiger partial charge in [-0.25, -0.2) is 8.42 Å². The normalized spacial score (nSPS) is 18.9. The van der Waals surface area contributed by atoms with Crippen LogP contribution in [0.5, 0.6) is 0 Å². The van der Waals surface area contributed by atoms with Gasteiger partial charge in [-0.15, -0.1) is 0 Å². The third-order valence-electron chi connectivity index (χ3n) is 2.80. The largest absolute Gasteiger partial charge is 0.315 e. The molecule has 0 amide bonds. The van der Waals surface area contributed by atoms with Crippen LogP contribution in [0.1, 0.15) is 19.3 Å². The van der Waals surface area contributed by atoms with Gasteiger partial charge >= 0.3 is 0 Å². The average molecular weight is 262 g/mol. The van der Waals surface area contributed by atoms with E-state index in [1.54, 1.807) is 0 Å². The zero-order chi connectivity index (χ0) is 12.7. The fraction of sp³-hybridized carbons (Fsp3) is 0.909. The van der Waals surface area contributed by atoms with Crippen LogP contribution in [0.15, 0.2) is 0 Å². The number of hydrogen-bond acceptors (Lipinski definition) is 5. The van der Waals surface area contributed by atoms with Gasteiger partial charge in [0, 0.05) is 25.8 Å². The first kappa shape index (κ1) is 14.6. The van der Waals surface area contributed by atoms with Crippen molar-refractivity contribution >= 4 is 15.6 Å². The smallest absolute Gasteiger partial charge is 0.147 e. The molecule has 1 aliphatic rings. The highest BCUT2D eigenvalue weighted by Crippen LogP contribution is 2.00. The molecule has 0 aromatic rings. The summed E-state index contributed by atoms with van der Waals surface area (Å²) in [7, 11) is -2.93. The maximum absolute atomic E-state index is 11.7. The van der Waals surface area contributed by atoms with E-state index in [0.29, 0.717) is 19.4 Å². The second-order valence-corrected chi connectivity index (χ2v) is 6.91. The van der Waals surface area contributed by atoms with E-state index in [1.807, 2.05) is 0 Å². The average Bonchev–Trinajstić information content (AvgIpc) is 2.44. The van der Waals surface area contributed by atoms with Gasteiger partial charge in [-0.2, -0.15) is 0 Å². The maximum Gasteiger partial charge on any atom is 0.147 e. The van der Waals surface area contributed by atoms with Gasteiger partial charge in [0.25, 0.3) is 0 Å². The van der Waals surface area contributed by atoms with Crippen molar-refractivity contribution < 1.29 is 13.2 Å². The molecule has 5 nitrogen and oxygen atoms in total. The van der Waals surface area contributed by atoms with Crippen LogP contribution in [0.4, 0.5) is 0 Å². The summed E-state index contributed by atoms with van der Waals surface area (Å²) in [5, 5.41) is 3.28. The standard InChI is InChI=1S/C11H22N2O3S/c1-17(15,16)9-2-4-11(14)10-13-7-3-5-12-6-8-13/h12H,2-10H2,1H3. The molecule has 0 aliphatic carbocycles. The summed E-state index contributed by atoms with van der Waals surface area (Å²) < 4.78 is 21.8. The number of Topliss-reactive ketones (excluding diaryl/α,β-unsaturated/α-hetero) is 1. The van der Waals surface area contributed by atoms with Crippen LogP contribution in [-0.2, 0) is 14.6 Å². The molecule has 1 saturated heterocycles. The molecule has 0 saturated carbocycles. The Bertz CT molecular complexity index is 333. The first-order chi connectivity index (χ1) is 7.97. The summed E-state index contributed by atoms with van der Waals surface area (Å²) in [4.78, 5) is 13.8. The Morgan fingerprint density at radius 3 is 2.76 bits per heavy atom. The van der Waals surface area contributed by atoms with Gasteiger partial charge in [0.05, 0.1) is 12.3 Å². The summed E-state index contributed by atoms with van der Waals surface area (Å²) in [5.74, 6) is 0.260. The Labute approximate surface area is 103 Å². The number of rotatable bonds is 6. The third-order valence-corrected chi connectivity index (χ3v) is 3.83. The summed E-state index contributed by atoms with van der Waals surface area (Å²) in [5.41, 5.74) is 0. The minimum absolute atomic E-state index is 0.111. The molecular weight excluding hydrogens is 240 g/mol. The van der Waals surface area contributed by atoms with Crippen molar-refractivity contribution in [1.29, 1.82) is 0 Å². The second kappa shape index (κ2) is 7.08. The van der Waals surface area contributed by atoms with Gasteiger partial charge in [0.1, 0.15) is 15.6 Å². The van der Waals surface area contributed by atoms with Crippen LogP contribution in [0, 0.1) is 0 Å². The summed E-state index contributed by atoms with van der Waals surface area (Å²) in [6, 6.07) is 0. The van der Waals surface area contributed by atoms with Crippen LogP contribution in [0.2, 0.25) is 0 Å². The summed E-state index contributed by atoms with van der Waals surface area (Å²) >= 11 is 0. The van der Waals surface area contributed by atoms with Crippen molar-refractivity contribution in [2.75, 3.05) is 44.7 Å². The molecule has 0 atom stereocenters. The lowest BCUT2D eigenvalue weighted by molar-refractivity contribution is -0.120. The maximum atomic E-state index is 11.7. The molecule has 1 N–H and O–H groups in total. The van der Waals surface area contributed by atoms with Crippen LogP contribution >= 0.6 is 0 Å². The molecule has 1 heterocycles. The first-order valence-corrected chi connectivity index (χ1v) is 8.16. The van der Waals surface area contributed by atoms with Crippen LogP contribution in [-0.4, -0.2) is 63.8 Å². The topological polar surface area (TPSA) is 66.5 Å². The molecule has 0 spiro atoms. The number of nitrogens with zero attached hydrogens (tertiary/aromatic N) is 1. The lowest BCUT2D eigenvalue weighted by atomic mass is 10.2. The number of nitrogens with one attached hydrogen (secondary N) is 1. The van der Waals surface area contributed by atoms with Crippen molar-refractivity contribution in [2.45, 2.75) is 19.3 Å². The molecule has 0 radical (unpaired) electrons. The minimum Gasteiger partial charge on any atom is -0.315 e. The van der Waals surface area contributed by atoms with E-state index in [9.17, 15) is 13.2 Å². The zero-order valence-corrected chi connectivity index (χ0v) is 11.3. The van der Waals surface area contributed by atoms with E-state index < -0.39 is 9.84 Å². The van der Waals surface area contributed by atoms with Gasteiger partial charge in [0.15, 0.2) is 0 Å². The highest BCUT2D eigenvalue weighted by molar-refractivity contribution is 7.90. The van der Waals surface area contributed by atoms with Crippen molar-refractivity contribution in [3.05, 3.63) is 0 Å². The van der Waals surface area contributed by atoms with Crippen LogP contribution in [0.25, 0.3) is 0 Å². The fourth-order valence-electron chi connectivity index (χ4n) is 1.92. The SMILES string of the molecule is CS(=O)(=O)CCCC(=O)CN1CCCNCC1. The number of carbonyl (C=O) groups is 1. The van der Waals surface area contributed by atoms with Gasteiger partial charge in [0.2, 0.25) is 0 Å². The lowest BCUT2D eigenvalue weighted by Gasteiger charge is -2.18. The van der Waals surface area contributed by atoms with Crippen molar-refractivity contribution in [2.24, 2.45) is 0 Å². The fourth-order valence-corrected chi connectivity index (χ4v) is 2.59. The van der Waals surface area contributed by atoms with Crippen molar-refractivity contribution in [1.82, 2.24) is 10.2 Å². The third kappa shape index (κ3) is 7.46. The Morgan fingerprint density at radius 2 is 2.06 bits per heavy atom. The molecule has 17 heavy (non-hydrogen) atoms. The van der Waals surface area contributed by atoms with Crippen LogP contribution < -0.4 is 5.32 Å². The highest BCUT2D eigenvalue weighted by atomic mass is 32.2. The monoisotopic (exact) mass is 262 g/mol.